The Balaban J connectivity index is 0.00000337. The third-order valence-electron chi connectivity index (χ3n) is 6.20. The van der Waals surface area contributed by atoms with Gasteiger partial charge in [0.2, 0.25) is 6.79 Å². The van der Waals surface area contributed by atoms with E-state index in [1.807, 2.05) is 0 Å². The van der Waals surface area contributed by atoms with E-state index in [4.69, 9.17) is 15.2 Å². The van der Waals surface area contributed by atoms with Gasteiger partial charge in [0.25, 0.3) is 11.8 Å². The van der Waals surface area contributed by atoms with Crippen molar-refractivity contribution in [1.82, 2.24) is 15.2 Å². The van der Waals surface area contributed by atoms with E-state index in [1.54, 1.807) is 12.1 Å². The van der Waals surface area contributed by atoms with E-state index in [0.717, 1.165) is 16.2 Å². The van der Waals surface area contributed by atoms with Gasteiger partial charge in [-0.2, -0.15) is 0 Å². The van der Waals surface area contributed by atoms with Crippen LogP contribution in [-0.4, -0.2) is 68.3 Å². The number of carboxylic acid groups (broad SMARTS) is 1. The maximum Gasteiger partial charge on any atom is 1.00 e. The minimum Gasteiger partial charge on any atom is -0.543 e. The molecule has 3 aliphatic rings. The summed E-state index contributed by atoms with van der Waals surface area (Å²) in [5.41, 5.74) is 5.17. The quantitative estimate of drug-likeness (QED) is 0.0609. The normalized spacial score (nSPS) is 19.5. The molecule has 18 heteroatoms. The molecule has 0 spiro atoms. The first kappa shape index (κ1) is 29.7. The Kier molecular flexibility index (Phi) is 8.56. The average Bonchev–Trinajstić information content (AvgIpc) is 3.57. The molecular formula is C23H16N5NaO8S4. The number of amides is 2. The molecule has 0 aliphatic carbocycles. The molecule has 0 bridgehead atoms. The molecule has 3 aromatic rings. The molecule has 41 heavy (non-hydrogen) atoms. The molecule has 1 aromatic carbocycles. The zero-order chi connectivity index (χ0) is 28.1. The molecule has 6 rings (SSSR count). The van der Waals surface area contributed by atoms with Crippen LogP contribution in [-0.2, 0) is 14.4 Å². The first-order valence-corrected chi connectivity index (χ1v) is 15.1. The Bertz CT molecular complexity index is 1720. The van der Waals surface area contributed by atoms with Crippen molar-refractivity contribution >= 4 is 84.9 Å². The number of thiazole rings is 1. The van der Waals surface area contributed by atoms with Gasteiger partial charge in [-0.3, -0.25) is 19.3 Å². The van der Waals surface area contributed by atoms with E-state index in [-0.39, 0.29) is 69.8 Å². The molecule has 5 heterocycles. The third-order valence-corrected chi connectivity index (χ3v) is 10.6. The van der Waals surface area contributed by atoms with Crippen molar-refractivity contribution in [2.75, 3.05) is 24.0 Å². The third kappa shape index (κ3) is 5.42. The van der Waals surface area contributed by atoms with Crippen molar-refractivity contribution in [2.45, 2.75) is 15.6 Å². The van der Waals surface area contributed by atoms with Gasteiger partial charge in [0.1, 0.15) is 17.1 Å². The van der Waals surface area contributed by atoms with Gasteiger partial charge in [-0.05, 0) is 11.6 Å². The number of anilines is 1. The molecule has 2 aromatic heterocycles. The van der Waals surface area contributed by atoms with Crippen molar-refractivity contribution in [3.8, 4) is 11.5 Å². The second-order valence-corrected chi connectivity index (χ2v) is 12.9. The Labute approximate surface area is 269 Å². The van der Waals surface area contributed by atoms with Crippen LogP contribution in [0.3, 0.4) is 0 Å². The number of rotatable bonds is 7. The van der Waals surface area contributed by atoms with E-state index in [9.17, 15) is 29.5 Å². The van der Waals surface area contributed by atoms with Crippen molar-refractivity contribution in [3.05, 3.63) is 50.8 Å². The number of fused-ring (bicyclic) bond motifs is 3. The molecule has 0 unspecified atom stereocenters. The van der Waals surface area contributed by atoms with Gasteiger partial charge in [-0.25, -0.2) is 4.98 Å². The van der Waals surface area contributed by atoms with Crippen molar-refractivity contribution in [1.29, 1.82) is 0 Å². The summed E-state index contributed by atoms with van der Waals surface area (Å²) in [6.07, 6.45) is 0. The van der Waals surface area contributed by atoms with Gasteiger partial charge in [0.05, 0.1) is 15.9 Å². The Morgan fingerprint density at radius 1 is 1.27 bits per heavy atom. The van der Waals surface area contributed by atoms with E-state index < -0.39 is 34.9 Å². The van der Waals surface area contributed by atoms with Gasteiger partial charge in [-0.15, -0.1) is 46.2 Å². The Hall–Kier alpha value is -2.80. The minimum absolute atomic E-state index is 0. The zero-order valence-electron chi connectivity index (χ0n) is 20.9. The number of nitrogens with one attached hydrogen (secondary N) is 1. The summed E-state index contributed by atoms with van der Waals surface area (Å²) < 4.78 is 12.1. The Morgan fingerprint density at radius 2 is 2.02 bits per heavy atom. The zero-order valence-corrected chi connectivity index (χ0v) is 26.2. The molecule has 2 atom stereocenters. The summed E-state index contributed by atoms with van der Waals surface area (Å²) in [6.45, 7) is 0.0851. The molecule has 13 nitrogen and oxygen atoms in total. The van der Waals surface area contributed by atoms with Crippen LogP contribution in [0.5, 0.6) is 11.5 Å². The number of β-lactam (4-membered cyclic amide) rings is 1. The van der Waals surface area contributed by atoms with Crippen LogP contribution in [0.1, 0.15) is 5.69 Å². The molecule has 2 amide bonds. The van der Waals surface area contributed by atoms with Gasteiger partial charge < -0.3 is 35.6 Å². The Morgan fingerprint density at radius 3 is 2.71 bits per heavy atom. The molecule has 1 fully saturated rings. The maximum absolute atomic E-state index is 13.0. The van der Waals surface area contributed by atoms with Gasteiger partial charge >= 0.3 is 29.6 Å². The molecule has 0 radical (unpaired) electrons. The summed E-state index contributed by atoms with van der Waals surface area (Å²) >= 11 is 4.95. The van der Waals surface area contributed by atoms with Gasteiger partial charge in [0, 0.05) is 39.1 Å². The van der Waals surface area contributed by atoms with E-state index in [1.165, 1.54) is 46.3 Å². The molecular weight excluding hydrogens is 626 g/mol. The van der Waals surface area contributed by atoms with Crippen molar-refractivity contribution < 1.29 is 63.7 Å². The number of hydrogen-bond donors (Lipinski definition) is 3. The number of carbonyl (C=O) groups is 3. The number of carboxylic acids is 1. The number of carbonyl (C=O) groups excluding carboxylic acids is 3. The summed E-state index contributed by atoms with van der Waals surface area (Å²) in [6, 6.07) is 3.82. The second-order valence-electron chi connectivity index (χ2n) is 8.54. The average molecular weight is 642 g/mol. The molecule has 1 saturated heterocycles. The van der Waals surface area contributed by atoms with Crippen LogP contribution in [0.2, 0.25) is 0 Å². The van der Waals surface area contributed by atoms with Crippen molar-refractivity contribution in [3.63, 3.8) is 0 Å². The van der Waals surface area contributed by atoms with Crippen LogP contribution >= 0.6 is 46.2 Å². The standard InChI is InChI=1S/C23H17N5O8S4.Na/c24-23-25-10(6-39-23)16(27-34)19(30)26-17-20(31)28-18(22(32)33)8(5-38-21(17)28)4-37-15-2-11(29)9-1-12-13(36-7-35-12)3-14(9)40-15;/h1-3,6,17,21,34H,4-5,7H2,(H2,24,25)(H,26,30)(H,32,33);/q;+1/p-1/b27-16-;/t17-,21+;/m1./s1. The van der Waals surface area contributed by atoms with E-state index >= 15 is 0 Å². The van der Waals surface area contributed by atoms with Crippen LogP contribution in [0, 0.1) is 0 Å². The number of hydrogen-bond acceptors (Lipinski definition) is 15. The van der Waals surface area contributed by atoms with Crippen LogP contribution in [0.4, 0.5) is 5.13 Å². The molecule has 3 aliphatic heterocycles. The second kappa shape index (κ2) is 11.8. The predicted octanol–water partition coefficient (Wildman–Crippen LogP) is -2.59. The van der Waals surface area contributed by atoms with Crippen molar-refractivity contribution in [2.24, 2.45) is 5.16 Å². The molecule has 206 valence electrons. The number of benzene rings is 1. The first-order chi connectivity index (χ1) is 19.2. The fourth-order valence-electron chi connectivity index (χ4n) is 4.35. The molecule has 0 saturated carbocycles. The van der Waals surface area contributed by atoms with E-state index in [2.05, 4.69) is 15.5 Å². The summed E-state index contributed by atoms with van der Waals surface area (Å²) in [5, 5.41) is 28.3. The van der Waals surface area contributed by atoms with Crippen LogP contribution in [0.15, 0.2) is 49.0 Å². The number of nitrogens with zero attached hydrogens (tertiary/aromatic N) is 3. The molecule has 4 N–H and O–H groups in total. The van der Waals surface area contributed by atoms with Crippen LogP contribution in [0.25, 0.3) is 10.1 Å². The number of ether oxygens (including phenoxy) is 2. The van der Waals surface area contributed by atoms with Gasteiger partial charge in [-0.1, -0.05) is 5.16 Å². The number of thioether (sulfide) groups is 2. The number of aliphatic carboxylic acids is 1. The predicted molar refractivity (Wildman–Crippen MR) is 147 cm³/mol. The number of oxime groups is 1. The minimum atomic E-state index is -1.52. The fraction of sp³-hybridized carbons (Fsp3) is 0.217. The summed E-state index contributed by atoms with van der Waals surface area (Å²) in [5.74, 6) is -1.52. The maximum atomic E-state index is 13.0. The van der Waals surface area contributed by atoms with Crippen LogP contribution < -0.4 is 60.6 Å². The fourth-order valence-corrected chi connectivity index (χ4v) is 8.62. The smallest absolute Gasteiger partial charge is 0.543 e. The topological polar surface area (TPSA) is 197 Å². The largest absolute Gasteiger partial charge is 1.00 e. The SMILES string of the molecule is Nc1nc(/C(=N/O)C(=O)N[C@@H]2C(=O)N3C(C(=O)[O-])=C(CSc4cc(=O)c5cc6c(cc5s4)OCO6)CS[C@@H]23)cs1.[Na+]. The summed E-state index contributed by atoms with van der Waals surface area (Å²) in [4.78, 5) is 55.5. The number of nitrogens with two attached hydrogens (primary N) is 1. The monoisotopic (exact) mass is 641 g/mol. The van der Waals surface area contributed by atoms with E-state index in [0.29, 0.717) is 31.4 Å². The summed E-state index contributed by atoms with van der Waals surface area (Å²) in [7, 11) is 0. The first-order valence-electron chi connectivity index (χ1n) is 11.4. The number of nitrogen functional groups attached to an aromatic ring is 1. The van der Waals surface area contributed by atoms with Gasteiger partial charge in [0.15, 0.2) is 27.8 Å². The number of aromatic nitrogens is 1.